The molecular weight excluding hydrogens is 294 g/mol. The number of nitrogens with zero attached hydrogens (tertiary/aromatic N) is 2. The van der Waals surface area contributed by atoms with E-state index in [4.69, 9.17) is 5.11 Å². The Bertz CT molecular complexity index is 598. The van der Waals surface area contributed by atoms with E-state index in [1.165, 1.54) is 16.4 Å². The van der Waals surface area contributed by atoms with Crippen LogP contribution in [-0.2, 0) is 10.0 Å². The third-order valence-electron chi connectivity index (χ3n) is 3.56. The summed E-state index contributed by atoms with van der Waals surface area (Å²) in [6.45, 7) is 1.72. The molecule has 1 fully saturated rings. The molecule has 1 unspecified atom stereocenters. The van der Waals surface area contributed by atoms with E-state index in [0.29, 0.717) is 13.1 Å². The first-order valence-electron chi connectivity index (χ1n) is 6.79. The molecule has 1 aromatic heterocycles. The largest absolute Gasteiger partial charge is 0.478 e. The zero-order valence-corrected chi connectivity index (χ0v) is 12.6. The number of carbonyl (C=O) groups is 1. The molecule has 2 rings (SSSR count). The maximum atomic E-state index is 12.5. The molecule has 0 aliphatic carbocycles. The van der Waals surface area contributed by atoms with Gasteiger partial charge in [0.15, 0.2) is 5.03 Å². The van der Waals surface area contributed by atoms with Crippen molar-refractivity contribution in [1.29, 1.82) is 0 Å². The number of nitrogens with one attached hydrogen (secondary N) is 1. The van der Waals surface area contributed by atoms with Crippen LogP contribution in [0.3, 0.4) is 0 Å². The molecule has 21 heavy (non-hydrogen) atoms. The molecule has 1 aliphatic rings. The highest BCUT2D eigenvalue weighted by Crippen LogP contribution is 2.22. The highest BCUT2D eigenvalue weighted by molar-refractivity contribution is 7.89. The van der Waals surface area contributed by atoms with Crippen LogP contribution in [0.25, 0.3) is 0 Å². The first-order valence-corrected chi connectivity index (χ1v) is 8.23. The molecule has 0 radical (unpaired) electrons. The first kappa shape index (κ1) is 15.9. The average Bonchev–Trinajstić information content (AvgIpc) is 2.48. The summed E-state index contributed by atoms with van der Waals surface area (Å²) in [6, 6.07) is 2.51. The van der Waals surface area contributed by atoms with Gasteiger partial charge in [-0.25, -0.2) is 18.2 Å². The van der Waals surface area contributed by atoms with Crippen molar-refractivity contribution in [3.63, 3.8) is 0 Å². The van der Waals surface area contributed by atoms with Crippen molar-refractivity contribution in [3.05, 3.63) is 23.9 Å². The minimum Gasteiger partial charge on any atom is -0.478 e. The first-order chi connectivity index (χ1) is 9.95. The lowest BCUT2D eigenvalue weighted by Gasteiger charge is -2.31. The molecule has 1 aromatic rings. The highest BCUT2D eigenvalue weighted by atomic mass is 32.2. The topological polar surface area (TPSA) is 99.6 Å². The summed E-state index contributed by atoms with van der Waals surface area (Å²) < 4.78 is 26.5. The lowest BCUT2D eigenvalue weighted by molar-refractivity contribution is 0.0696. The van der Waals surface area contributed by atoms with Crippen LogP contribution in [0.15, 0.2) is 23.4 Å². The molecule has 0 aromatic carbocycles. The maximum Gasteiger partial charge on any atom is 0.337 e. The zero-order chi connectivity index (χ0) is 15.5. The van der Waals surface area contributed by atoms with Gasteiger partial charge in [0.1, 0.15) is 0 Å². The van der Waals surface area contributed by atoms with Crippen molar-refractivity contribution in [2.24, 2.45) is 5.92 Å². The van der Waals surface area contributed by atoms with Crippen molar-refractivity contribution in [2.75, 3.05) is 26.7 Å². The molecule has 1 aliphatic heterocycles. The van der Waals surface area contributed by atoms with Crippen LogP contribution >= 0.6 is 0 Å². The highest BCUT2D eigenvalue weighted by Gasteiger charge is 2.30. The van der Waals surface area contributed by atoms with E-state index < -0.39 is 16.0 Å². The van der Waals surface area contributed by atoms with Gasteiger partial charge in [0.25, 0.3) is 10.0 Å². The molecular formula is C13H19N3O4S. The van der Waals surface area contributed by atoms with Crippen molar-refractivity contribution in [2.45, 2.75) is 17.9 Å². The second-order valence-corrected chi connectivity index (χ2v) is 7.00. The van der Waals surface area contributed by atoms with Crippen LogP contribution in [0.1, 0.15) is 23.2 Å². The molecule has 116 valence electrons. The molecule has 0 amide bonds. The predicted octanol–water partition coefficient (Wildman–Crippen LogP) is 0.400. The number of pyridine rings is 1. The Kier molecular flexibility index (Phi) is 4.92. The quantitative estimate of drug-likeness (QED) is 0.816. The van der Waals surface area contributed by atoms with Crippen molar-refractivity contribution in [1.82, 2.24) is 14.6 Å². The molecule has 0 bridgehead atoms. The smallest absolute Gasteiger partial charge is 0.337 e. The van der Waals surface area contributed by atoms with E-state index in [9.17, 15) is 13.2 Å². The Labute approximate surface area is 124 Å². The molecule has 8 heteroatoms. The number of sulfonamides is 1. The number of aromatic nitrogens is 1. The van der Waals surface area contributed by atoms with E-state index >= 15 is 0 Å². The molecule has 1 atom stereocenters. The van der Waals surface area contributed by atoms with Crippen LogP contribution in [0.4, 0.5) is 0 Å². The predicted molar refractivity (Wildman–Crippen MR) is 76.6 cm³/mol. The van der Waals surface area contributed by atoms with Gasteiger partial charge in [-0.1, -0.05) is 0 Å². The van der Waals surface area contributed by atoms with E-state index in [0.717, 1.165) is 25.6 Å². The van der Waals surface area contributed by atoms with Gasteiger partial charge >= 0.3 is 5.97 Å². The SMILES string of the molecule is CNCC1CCCN(S(=O)(=O)c2ccc(C(=O)O)cn2)C1. The van der Waals surface area contributed by atoms with E-state index in [-0.39, 0.29) is 16.5 Å². The fourth-order valence-corrected chi connectivity index (χ4v) is 3.96. The number of hydrogen-bond acceptors (Lipinski definition) is 5. The number of rotatable bonds is 5. The molecule has 0 spiro atoms. The standard InChI is InChI=1S/C13H19N3O4S/c1-14-7-10-3-2-6-16(9-10)21(19,20)12-5-4-11(8-15-12)13(17)18/h4-5,8,10,14H,2-3,6-7,9H2,1H3,(H,17,18). The summed E-state index contributed by atoms with van der Waals surface area (Å²) in [7, 11) is -1.81. The van der Waals surface area contributed by atoms with Crippen LogP contribution in [0.2, 0.25) is 0 Å². The van der Waals surface area contributed by atoms with Gasteiger partial charge in [-0.15, -0.1) is 0 Å². The molecule has 1 saturated heterocycles. The van der Waals surface area contributed by atoms with Gasteiger partial charge in [0.05, 0.1) is 5.56 Å². The fraction of sp³-hybridized carbons (Fsp3) is 0.538. The fourth-order valence-electron chi connectivity index (χ4n) is 2.49. The summed E-state index contributed by atoms with van der Waals surface area (Å²) in [5.74, 6) is -0.838. The van der Waals surface area contributed by atoms with E-state index in [1.807, 2.05) is 7.05 Å². The van der Waals surface area contributed by atoms with Gasteiger partial charge in [-0.2, -0.15) is 4.31 Å². The second kappa shape index (κ2) is 6.50. The Balaban J connectivity index is 2.18. The average molecular weight is 313 g/mol. The number of carboxylic acids is 1. The zero-order valence-electron chi connectivity index (χ0n) is 11.8. The van der Waals surface area contributed by atoms with Gasteiger partial charge in [-0.05, 0) is 44.5 Å². The van der Waals surface area contributed by atoms with Crippen LogP contribution in [0.5, 0.6) is 0 Å². The van der Waals surface area contributed by atoms with Gasteiger partial charge < -0.3 is 10.4 Å². The number of aromatic carboxylic acids is 1. The van der Waals surface area contributed by atoms with E-state index in [1.54, 1.807) is 0 Å². The molecule has 7 nitrogen and oxygen atoms in total. The summed E-state index contributed by atoms with van der Waals surface area (Å²) in [6.07, 6.45) is 2.89. The van der Waals surface area contributed by atoms with Crippen LogP contribution in [-0.4, -0.2) is 55.5 Å². The molecule has 2 heterocycles. The number of hydrogen-bond donors (Lipinski definition) is 2. The Morgan fingerprint density at radius 1 is 1.52 bits per heavy atom. The summed E-state index contributed by atoms with van der Waals surface area (Å²) in [5.41, 5.74) is -0.0272. The monoisotopic (exact) mass is 313 g/mol. The molecule has 2 N–H and O–H groups in total. The third kappa shape index (κ3) is 3.58. The van der Waals surface area contributed by atoms with Crippen LogP contribution in [0, 0.1) is 5.92 Å². The van der Waals surface area contributed by atoms with Crippen LogP contribution < -0.4 is 5.32 Å². The Morgan fingerprint density at radius 3 is 2.86 bits per heavy atom. The third-order valence-corrected chi connectivity index (χ3v) is 5.34. The second-order valence-electron chi connectivity index (χ2n) is 5.12. The number of carboxylic acid groups (broad SMARTS) is 1. The Morgan fingerprint density at radius 2 is 2.29 bits per heavy atom. The van der Waals surface area contributed by atoms with Crippen molar-refractivity contribution >= 4 is 16.0 Å². The normalized spacial score (nSPS) is 20.3. The summed E-state index contributed by atoms with van der Waals surface area (Å²) in [4.78, 5) is 14.6. The van der Waals surface area contributed by atoms with Gasteiger partial charge in [-0.3, -0.25) is 0 Å². The van der Waals surface area contributed by atoms with Gasteiger partial charge in [0, 0.05) is 19.3 Å². The Hall–Kier alpha value is -1.51. The lowest BCUT2D eigenvalue weighted by Crippen LogP contribution is -2.42. The maximum absolute atomic E-state index is 12.5. The minimum absolute atomic E-state index is 0.0272. The molecule has 0 saturated carbocycles. The van der Waals surface area contributed by atoms with Crippen molar-refractivity contribution < 1.29 is 18.3 Å². The number of piperidine rings is 1. The lowest BCUT2D eigenvalue weighted by atomic mass is 10.00. The summed E-state index contributed by atoms with van der Waals surface area (Å²) >= 11 is 0. The van der Waals surface area contributed by atoms with E-state index in [2.05, 4.69) is 10.3 Å². The van der Waals surface area contributed by atoms with Crippen molar-refractivity contribution in [3.8, 4) is 0 Å². The summed E-state index contributed by atoms with van der Waals surface area (Å²) in [5, 5.41) is 11.8. The minimum atomic E-state index is -3.65. The van der Waals surface area contributed by atoms with Gasteiger partial charge in [0.2, 0.25) is 0 Å².